The lowest BCUT2D eigenvalue weighted by Gasteiger charge is -2.22. The number of amidine groups is 1. The number of hydrogen-bond acceptors (Lipinski definition) is 3. The van der Waals surface area contributed by atoms with Crippen LogP contribution in [0.15, 0.2) is 4.99 Å². The molecule has 0 saturated heterocycles. The van der Waals surface area contributed by atoms with Gasteiger partial charge >= 0.3 is 0 Å². The highest BCUT2D eigenvalue weighted by atomic mass is 32.2. The predicted molar refractivity (Wildman–Crippen MR) is 66.4 cm³/mol. The topological polar surface area (TPSA) is 41.5 Å². The van der Waals surface area contributed by atoms with Crippen molar-refractivity contribution in [3.8, 4) is 0 Å². The van der Waals surface area contributed by atoms with Crippen molar-refractivity contribution < 1.29 is 4.79 Å². The maximum Gasteiger partial charge on any atom is 0.261 e. The third kappa shape index (κ3) is 1.88. The van der Waals surface area contributed by atoms with Crippen LogP contribution in [0.2, 0.25) is 0 Å². The first kappa shape index (κ1) is 10.6. The maximum absolute atomic E-state index is 11.3. The molecule has 4 atom stereocenters. The summed E-state index contributed by atoms with van der Waals surface area (Å²) in [6.45, 7) is 2.94. The molecule has 2 saturated carbocycles. The second kappa shape index (κ2) is 4.06. The van der Waals surface area contributed by atoms with E-state index >= 15 is 0 Å². The Morgan fingerprint density at radius 3 is 2.88 bits per heavy atom. The summed E-state index contributed by atoms with van der Waals surface area (Å²) in [4.78, 5) is 15.3. The zero-order chi connectivity index (χ0) is 11.1. The lowest BCUT2D eigenvalue weighted by Crippen LogP contribution is -2.29. The van der Waals surface area contributed by atoms with Crippen LogP contribution in [0.5, 0.6) is 0 Å². The molecule has 1 unspecified atom stereocenters. The van der Waals surface area contributed by atoms with E-state index in [2.05, 4.69) is 10.3 Å². The van der Waals surface area contributed by atoms with E-state index < -0.39 is 0 Å². The van der Waals surface area contributed by atoms with Crippen molar-refractivity contribution in [2.45, 2.75) is 37.9 Å². The molecule has 1 amide bonds. The van der Waals surface area contributed by atoms with Crippen molar-refractivity contribution in [2.75, 3.05) is 6.54 Å². The molecular weight excluding hydrogens is 220 g/mol. The molecule has 88 valence electrons. The molecule has 0 radical (unpaired) electrons. The highest BCUT2D eigenvalue weighted by molar-refractivity contribution is 8.15. The normalized spacial score (nSPS) is 41.6. The number of aliphatic imine (C=N–C) groups is 1. The van der Waals surface area contributed by atoms with Gasteiger partial charge in [0.2, 0.25) is 0 Å². The number of nitrogens with one attached hydrogen (secondary N) is 1. The van der Waals surface area contributed by atoms with Gasteiger partial charge in [-0.2, -0.15) is 4.99 Å². The molecule has 2 fully saturated rings. The van der Waals surface area contributed by atoms with E-state index in [0.29, 0.717) is 0 Å². The van der Waals surface area contributed by atoms with E-state index in [-0.39, 0.29) is 11.2 Å². The van der Waals surface area contributed by atoms with Crippen LogP contribution in [0.4, 0.5) is 0 Å². The van der Waals surface area contributed by atoms with E-state index in [9.17, 15) is 4.79 Å². The second-order valence-electron chi connectivity index (χ2n) is 5.33. The summed E-state index contributed by atoms with van der Waals surface area (Å²) in [5.41, 5.74) is 0. The first-order chi connectivity index (χ1) is 7.72. The van der Waals surface area contributed by atoms with Gasteiger partial charge in [-0.3, -0.25) is 4.79 Å². The molecule has 0 aromatic carbocycles. The summed E-state index contributed by atoms with van der Waals surface area (Å²) in [6, 6.07) is 0. The van der Waals surface area contributed by atoms with Crippen LogP contribution in [0.1, 0.15) is 32.6 Å². The molecule has 1 heterocycles. The number of fused-ring (bicyclic) bond motifs is 2. The minimum Gasteiger partial charge on any atom is -0.364 e. The fourth-order valence-electron chi connectivity index (χ4n) is 3.36. The number of carbonyl (C=O) groups is 1. The highest BCUT2D eigenvalue weighted by Gasteiger charge is 2.39. The number of thioether (sulfide) groups is 1. The van der Waals surface area contributed by atoms with Crippen LogP contribution < -0.4 is 5.32 Å². The fourth-order valence-corrected chi connectivity index (χ4v) is 4.16. The van der Waals surface area contributed by atoms with Crippen molar-refractivity contribution in [1.82, 2.24) is 5.32 Å². The van der Waals surface area contributed by atoms with E-state index in [4.69, 9.17) is 0 Å². The van der Waals surface area contributed by atoms with Gasteiger partial charge in [0.25, 0.3) is 5.91 Å². The van der Waals surface area contributed by atoms with Crippen LogP contribution in [0.25, 0.3) is 0 Å². The minimum atomic E-state index is 0.0143. The lowest BCUT2D eigenvalue weighted by molar-refractivity contribution is -0.116. The van der Waals surface area contributed by atoms with Crippen LogP contribution >= 0.6 is 11.8 Å². The SMILES string of the molecule is C[C@H]1SC(NCC2C[C@@H]3CC[C@H]2C3)=NC1=O. The van der Waals surface area contributed by atoms with E-state index in [0.717, 1.165) is 29.5 Å². The van der Waals surface area contributed by atoms with Gasteiger partial charge in [-0.05, 0) is 43.9 Å². The molecule has 3 nitrogen and oxygen atoms in total. The maximum atomic E-state index is 11.3. The van der Waals surface area contributed by atoms with E-state index in [1.807, 2.05) is 6.92 Å². The van der Waals surface area contributed by atoms with Gasteiger partial charge < -0.3 is 5.32 Å². The summed E-state index contributed by atoms with van der Waals surface area (Å²) >= 11 is 1.57. The fraction of sp³-hybridized carbons (Fsp3) is 0.833. The lowest BCUT2D eigenvalue weighted by atomic mass is 9.89. The van der Waals surface area contributed by atoms with Crippen LogP contribution in [-0.4, -0.2) is 22.9 Å². The zero-order valence-corrected chi connectivity index (χ0v) is 10.4. The molecule has 0 spiro atoms. The first-order valence-corrected chi connectivity index (χ1v) is 7.13. The Labute approximate surface area is 100 Å². The molecule has 3 rings (SSSR count). The largest absolute Gasteiger partial charge is 0.364 e. The summed E-state index contributed by atoms with van der Waals surface area (Å²) < 4.78 is 0. The first-order valence-electron chi connectivity index (χ1n) is 6.25. The number of carbonyl (C=O) groups excluding carboxylic acids is 1. The van der Waals surface area contributed by atoms with Crippen molar-refractivity contribution in [2.24, 2.45) is 22.7 Å². The molecule has 0 aromatic rings. The van der Waals surface area contributed by atoms with Crippen LogP contribution in [0, 0.1) is 17.8 Å². The summed E-state index contributed by atoms with van der Waals surface area (Å²) in [5.74, 6) is 2.78. The van der Waals surface area contributed by atoms with Gasteiger partial charge in [-0.1, -0.05) is 18.2 Å². The van der Waals surface area contributed by atoms with E-state index in [1.165, 1.54) is 25.7 Å². The Hall–Kier alpha value is -0.510. The number of nitrogens with zero attached hydrogens (tertiary/aromatic N) is 1. The average molecular weight is 238 g/mol. The molecule has 4 heteroatoms. The zero-order valence-electron chi connectivity index (χ0n) is 9.61. The molecule has 2 bridgehead atoms. The van der Waals surface area contributed by atoms with Crippen molar-refractivity contribution in [3.05, 3.63) is 0 Å². The third-order valence-electron chi connectivity index (χ3n) is 4.25. The molecule has 1 aliphatic heterocycles. The average Bonchev–Trinajstić information content (AvgIpc) is 2.92. The Kier molecular flexibility index (Phi) is 2.70. The highest BCUT2D eigenvalue weighted by Crippen LogP contribution is 2.48. The molecule has 0 aromatic heterocycles. The van der Waals surface area contributed by atoms with Gasteiger partial charge in [0, 0.05) is 6.54 Å². The quantitative estimate of drug-likeness (QED) is 0.800. The Bertz CT molecular complexity index is 342. The number of rotatable bonds is 2. The number of amides is 1. The van der Waals surface area contributed by atoms with Crippen LogP contribution in [-0.2, 0) is 4.79 Å². The van der Waals surface area contributed by atoms with Crippen molar-refractivity contribution >= 4 is 22.8 Å². The van der Waals surface area contributed by atoms with Gasteiger partial charge in [0.1, 0.15) is 0 Å². The van der Waals surface area contributed by atoms with Gasteiger partial charge in [0.15, 0.2) is 5.17 Å². The molecule has 16 heavy (non-hydrogen) atoms. The van der Waals surface area contributed by atoms with Gasteiger partial charge in [-0.15, -0.1) is 0 Å². The van der Waals surface area contributed by atoms with Crippen molar-refractivity contribution in [3.63, 3.8) is 0 Å². The molecule has 3 aliphatic rings. The summed E-state index contributed by atoms with van der Waals surface area (Å²) in [5, 5.41) is 4.23. The predicted octanol–water partition coefficient (Wildman–Crippen LogP) is 2.03. The molecule has 2 aliphatic carbocycles. The van der Waals surface area contributed by atoms with Crippen molar-refractivity contribution in [1.29, 1.82) is 0 Å². The molecular formula is C12H18N2OS. The second-order valence-corrected chi connectivity index (χ2v) is 6.66. The standard InChI is InChI=1S/C12H18N2OS/c1-7-11(15)14-12(16-7)13-6-10-5-8-2-3-9(10)4-8/h7-10H,2-6H2,1H3,(H,13,14,15)/t7-,8-,9+,10?/m1/s1. The molecule has 1 N–H and O–H groups in total. The smallest absolute Gasteiger partial charge is 0.261 e. The summed E-state index contributed by atoms with van der Waals surface area (Å²) in [6.07, 6.45) is 5.71. The Balaban J connectivity index is 1.51. The Morgan fingerprint density at radius 2 is 2.31 bits per heavy atom. The summed E-state index contributed by atoms with van der Waals surface area (Å²) in [7, 11) is 0. The Morgan fingerprint density at radius 1 is 1.44 bits per heavy atom. The monoisotopic (exact) mass is 238 g/mol. The third-order valence-corrected chi connectivity index (χ3v) is 5.26. The van der Waals surface area contributed by atoms with Gasteiger partial charge in [-0.25, -0.2) is 0 Å². The van der Waals surface area contributed by atoms with Gasteiger partial charge in [0.05, 0.1) is 5.25 Å². The number of hydrogen-bond donors (Lipinski definition) is 1. The minimum absolute atomic E-state index is 0.0143. The van der Waals surface area contributed by atoms with E-state index in [1.54, 1.807) is 11.8 Å². The van der Waals surface area contributed by atoms with Crippen LogP contribution in [0.3, 0.4) is 0 Å².